The van der Waals surface area contributed by atoms with Gasteiger partial charge < -0.3 is 4.74 Å². The molecule has 1 N–H and O–H groups in total. The second-order valence-electron chi connectivity index (χ2n) is 2.77. The Hall–Kier alpha value is -1.98. The molecular formula is C8H8N4O2. The first kappa shape index (κ1) is 8.61. The Bertz CT molecular complexity index is 491. The molecule has 0 saturated carbocycles. The topological polar surface area (TPSA) is 80.8 Å². The standard InChI is InChI=1S/C8H8N4O2/c1-4-6-7(12-11-4)9-3-5(10-6)8(13)14-2/h3H,1-2H3,(H,9,11,12). The molecule has 0 radical (unpaired) electrons. The predicted octanol–water partition coefficient (Wildman–Crippen LogP) is 0.448. The quantitative estimate of drug-likeness (QED) is 0.663. The third-order valence-electron chi connectivity index (χ3n) is 1.83. The summed E-state index contributed by atoms with van der Waals surface area (Å²) in [5.41, 5.74) is 2.05. The zero-order valence-corrected chi connectivity index (χ0v) is 7.74. The van der Waals surface area contributed by atoms with Gasteiger partial charge in [-0.3, -0.25) is 5.10 Å². The van der Waals surface area contributed by atoms with Crippen LogP contribution < -0.4 is 0 Å². The van der Waals surface area contributed by atoms with Gasteiger partial charge in [0.05, 0.1) is 19.0 Å². The minimum absolute atomic E-state index is 0.185. The number of rotatable bonds is 1. The molecule has 0 spiro atoms. The van der Waals surface area contributed by atoms with Crippen molar-refractivity contribution >= 4 is 17.1 Å². The first-order valence-corrected chi connectivity index (χ1v) is 3.98. The van der Waals surface area contributed by atoms with Gasteiger partial charge in [-0.1, -0.05) is 0 Å². The summed E-state index contributed by atoms with van der Waals surface area (Å²) >= 11 is 0. The molecule has 0 aliphatic heterocycles. The van der Waals surface area contributed by atoms with Crippen LogP contribution in [0.2, 0.25) is 0 Å². The van der Waals surface area contributed by atoms with Crippen LogP contribution in [0.25, 0.3) is 11.2 Å². The number of nitrogens with one attached hydrogen (secondary N) is 1. The second kappa shape index (κ2) is 3.06. The van der Waals surface area contributed by atoms with Crippen molar-refractivity contribution in [2.75, 3.05) is 7.11 Å². The Morgan fingerprint density at radius 2 is 2.36 bits per heavy atom. The number of esters is 1. The maximum absolute atomic E-state index is 11.1. The van der Waals surface area contributed by atoms with Gasteiger partial charge in [0.1, 0.15) is 5.52 Å². The zero-order chi connectivity index (χ0) is 10.1. The maximum Gasteiger partial charge on any atom is 0.358 e. The fourth-order valence-corrected chi connectivity index (χ4v) is 1.11. The van der Waals surface area contributed by atoms with E-state index in [0.717, 1.165) is 5.69 Å². The normalized spacial score (nSPS) is 10.4. The van der Waals surface area contributed by atoms with Crippen molar-refractivity contribution in [3.63, 3.8) is 0 Å². The van der Waals surface area contributed by atoms with Crippen LogP contribution in [0.1, 0.15) is 16.2 Å². The summed E-state index contributed by atoms with van der Waals surface area (Å²) in [6.07, 6.45) is 1.34. The second-order valence-corrected chi connectivity index (χ2v) is 2.77. The molecule has 2 aromatic heterocycles. The van der Waals surface area contributed by atoms with E-state index in [4.69, 9.17) is 0 Å². The third-order valence-corrected chi connectivity index (χ3v) is 1.83. The van der Waals surface area contributed by atoms with E-state index in [2.05, 4.69) is 24.9 Å². The van der Waals surface area contributed by atoms with Crippen molar-refractivity contribution in [2.45, 2.75) is 6.92 Å². The van der Waals surface area contributed by atoms with E-state index in [1.165, 1.54) is 13.3 Å². The Morgan fingerprint density at radius 1 is 1.57 bits per heavy atom. The number of hydrogen-bond acceptors (Lipinski definition) is 5. The minimum atomic E-state index is -0.500. The van der Waals surface area contributed by atoms with Crippen LogP contribution in [0.4, 0.5) is 0 Å². The van der Waals surface area contributed by atoms with Crippen molar-refractivity contribution < 1.29 is 9.53 Å². The van der Waals surface area contributed by atoms with Crippen molar-refractivity contribution in [3.05, 3.63) is 17.6 Å². The van der Waals surface area contributed by atoms with E-state index in [0.29, 0.717) is 11.2 Å². The molecule has 0 unspecified atom stereocenters. The molecule has 2 aromatic rings. The predicted molar refractivity (Wildman–Crippen MR) is 47.8 cm³/mol. The molecule has 0 atom stereocenters. The van der Waals surface area contributed by atoms with Crippen LogP contribution >= 0.6 is 0 Å². The highest BCUT2D eigenvalue weighted by Gasteiger charge is 2.11. The molecule has 0 aromatic carbocycles. The van der Waals surface area contributed by atoms with E-state index in [9.17, 15) is 4.79 Å². The molecule has 0 saturated heterocycles. The Labute approximate surface area is 79.3 Å². The van der Waals surface area contributed by atoms with Crippen molar-refractivity contribution in [3.8, 4) is 0 Å². The van der Waals surface area contributed by atoms with Crippen LogP contribution in [-0.2, 0) is 4.74 Å². The van der Waals surface area contributed by atoms with Crippen molar-refractivity contribution in [2.24, 2.45) is 0 Å². The molecule has 0 amide bonds. The molecule has 0 aliphatic rings. The lowest BCUT2D eigenvalue weighted by molar-refractivity contribution is 0.0594. The number of fused-ring (bicyclic) bond motifs is 1. The number of aromatic amines is 1. The van der Waals surface area contributed by atoms with Crippen LogP contribution in [0.15, 0.2) is 6.20 Å². The lowest BCUT2D eigenvalue weighted by Crippen LogP contribution is -2.04. The van der Waals surface area contributed by atoms with Crippen LogP contribution in [0, 0.1) is 6.92 Å². The van der Waals surface area contributed by atoms with Crippen LogP contribution in [0.3, 0.4) is 0 Å². The summed E-state index contributed by atoms with van der Waals surface area (Å²) in [5, 5.41) is 6.63. The number of H-pyrrole nitrogens is 1. The summed E-state index contributed by atoms with van der Waals surface area (Å²) < 4.78 is 4.53. The molecule has 72 valence electrons. The van der Waals surface area contributed by atoms with Gasteiger partial charge in [-0.25, -0.2) is 14.8 Å². The summed E-state index contributed by atoms with van der Waals surface area (Å²) in [6, 6.07) is 0. The van der Waals surface area contributed by atoms with Gasteiger partial charge in [0.2, 0.25) is 0 Å². The minimum Gasteiger partial charge on any atom is -0.464 e. The molecule has 14 heavy (non-hydrogen) atoms. The lowest BCUT2D eigenvalue weighted by atomic mass is 10.4. The average molecular weight is 192 g/mol. The van der Waals surface area contributed by atoms with E-state index < -0.39 is 5.97 Å². The van der Waals surface area contributed by atoms with Gasteiger partial charge in [-0.15, -0.1) is 0 Å². The highest BCUT2D eigenvalue weighted by Crippen LogP contribution is 2.10. The van der Waals surface area contributed by atoms with Crippen LogP contribution in [-0.4, -0.2) is 33.2 Å². The molecule has 2 heterocycles. The Balaban J connectivity index is 2.60. The largest absolute Gasteiger partial charge is 0.464 e. The van der Waals surface area contributed by atoms with E-state index >= 15 is 0 Å². The van der Waals surface area contributed by atoms with E-state index in [-0.39, 0.29) is 5.69 Å². The summed E-state index contributed by atoms with van der Waals surface area (Å²) in [5.74, 6) is -0.500. The fourth-order valence-electron chi connectivity index (χ4n) is 1.11. The molecule has 0 fully saturated rings. The molecule has 2 rings (SSSR count). The highest BCUT2D eigenvalue weighted by atomic mass is 16.5. The Morgan fingerprint density at radius 3 is 3.07 bits per heavy atom. The third kappa shape index (κ3) is 1.20. The van der Waals surface area contributed by atoms with E-state index in [1.54, 1.807) is 0 Å². The number of nitrogens with zero attached hydrogens (tertiary/aromatic N) is 3. The van der Waals surface area contributed by atoms with Gasteiger partial charge >= 0.3 is 5.97 Å². The monoisotopic (exact) mass is 192 g/mol. The number of aryl methyl sites for hydroxylation is 1. The first-order valence-electron chi connectivity index (χ1n) is 3.98. The smallest absolute Gasteiger partial charge is 0.358 e. The molecule has 0 bridgehead atoms. The summed E-state index contributed by atoms with van der Waals surface area (Å²) in [4.78, 5) is 19.2. The van der Waals surface area contributed by atoms with E-state index in [1.807, 2.05) is 6.92 Å². The molecule has 6 heteroatoms. The van der Waals surface area contributed by atoms with Gasteiger partial charge in [-0.2, -0.15) is 5.10 Å². The number of carbonyl (C=O) groups excluding carboxylic acids is 1. The average Bonchev–Trinajstić information content (AvgIpc) is 2.59. The Kier molecular flexibility index (Phi) is 1.88. The molecule has 6 nitrogen and oxygen atoms in total. The van der Waals surface area contributed by atoms with Crippen molar-refractivity contribution in [1.82, 2.24) is 20.2 Å². The molecule has 0 aliphatic carbocycles. The van der Waals surface area contributed by atoms with Gasteiger partial charge in [0.25, 0.3) is 0 Å². The fraction of sp³-hybridized carbons (Fsp3) is 0.250. The first-order chi connectivity index (χ1) is 6.72. The van der Waals surface area contributed by atoms with Gasteiger partial charge in [0.15, 0.2) is 11.3 Å². The zero-order valence-electron chi connectivity index (χ0n) is 7.74. The highest BCUT2D eigenvalue weighted by molar-refractivity contribution is 5.89. The number of methoxy groups -OCH3 is 1. The summed E-state index contributed by atoms with van der Waals surface area (Å²) in [7, 11) is 1.30. The number of hydrogen-bond donors (Lipinski definition) is 1. The number of carbonyl (C=O) groups is 1. The van der Waals surface area contributed by atoms with Gasteiger partial charge in [0, 0.05) is 0 Å². The van der Waals surface area contributed by atoms with Gasteiger partial charge in [-0.05, 0) is 6.92 Å². The number of aromatic nitrogens is 4. The lowest BCUT2D eigenvalue weighted by Gasteiger charge is -1.96. The number of ether oxygens (including phenoxy) is 1. The SMILES string of the molecule is COC(=O)c1cnc2n[nH]c(C)c2n1. The summed E-state index contributed by atoms with van der Waals surface area (Å²) in [6.45, 7) is 1.81. The molecular weight excluding hydrogens is 184 g/mol. The van der Waals surface area contributed by atoms with Crippen LogP contribution in [0.5, 0.6) is 0 Å². The maximum atomic E-state index is 11.1. The van der Waals surface area contributed by atoms with Crippen molar-refractivity contribution in [1.29, 1.82) is 0 Å².